The van der Waals surface area contributed by atoms with Gasteiger partial charge in [-0.25, -0.2) is 15.0 Å². The van der Waals surface area contributed by atoms with Crippen LogP contribution in [0.25, 0.3) is 118 Å². The maximum atomic E-state index is 5.47. The summed E-state index contributed by atoms with van der Waals surface area (Å²) in [5.41, 5.74) is 5.30. The van der Waals surface area contributed by atoms with Crippen molar-refractivity contribution in [3.05, 3.63) is 176 Å². The Balaban J connectivity index is 1.14. The van der Waals surface area contributed by atoms with E-state index in [1.807, 2.05) is 22.7 Å². The summed E-state index contributed by atoms with van der Waals surface area (Å²) in [6.07, 6.45) is 0. The van der Waals surface area contributed by atoms with Gasteiger partial charge in [-0.3, -0.25) is 0 Å². The van der Waals surface area contributed by atoms with Crippen LogP contribution in [0.4, 0.5) is 0 Å². The van der Waals surface area contributed by atoms with Crippen molar-refractivity contribution in [2.75, 3.05) is 0 Å². The fourth-order valence-electron chi connectivity index (χ4n) is 8.40. The smallest absolute Gasteiger partial charge is 0.164 e. The molecule has 3 aromatic heterocycles. The molecule has 0 atom stereocenters. The molecule has 0 radical (unpaired) electrons. The van der Waals surface area contributed by atoms with Crippen molar-refractivity contribution in [1.29, 1.82) is 0 Å². The Hall–Kier alpha value is -6.79. The van der Waals surface area contributed by atoms with Crippen LogP contribution in [0.5, 0.6) is 0 Å². The molecule has 9 aromatic carbocycles. The lowest BCUT2D eigenvalue weighted by Gasteiger charge is -2.13. The van der Waals surface area contributed by atoms with Crippen LogP contribution in [0, 0.1) is 0 Å². The van der Waals surface area contributed by atoms with Gasteiger partial charge in [-0.05, 0) is 73.8 Å². The van der Waals surface area contributed by atoms with Gasteiger partial charge in [-0.2, -0.15) is 0 Å². The first kappa shape index (κ1) is 31.5. The predicted octanol–water partition coefficient (Wildman–Crippen LogP) is 14.7. The molecule has 0 fully saturated rings. The van der Waals surface area contributed by atoms with E-state index in [0.717, 1.165) is 22.3 Å². The molecule has 3 nitrogen and oxygen atoms in total. The van der Waals surface area contributed by atoms with Crippen LogP contribution in [0.15, 0.2) is 176 Å². The third-order valence-corrected chi connectivity index (χ3v) is 13.5. The minimum absolute atomic E-state index is 0.650. The van der Waals surface area contributed by atoms with Crippen LogP contribution in [0.3, 0.4) is 0 Å². The predicted molar refractivity (Wildman–Crippen MR) is 240 cm³/mol. The largest absolute Gasteiger partial charge is 0.208 e. The van der Waals surface area contributed by atoms with E-state index in [1.54, 1.807) is 0 Å². The maximum absolute atomic E-state index is 5.47. The van der Waals surface area contributed by atoms with Crippen molar-refractivity contribution in [3.8, 4) is 45.3 Å². The number of rotatable bonds is 4. The molecule has 5 heteroatoms. The van der Waals surface area contributed by atoms with Gasteiger partial charge in [0.2, 0.25) is 0 Å². The van der Waals surface area contributed by atoms with Gasteiger partial charge in [0.15, 0.2) is 17.5 Å². The average molecular weight is 748 g/mol. The molecule has 12 rings (SSSR count). The average Bonchev–Trinajstić information content (AvgIpc) is 3.86. The third kappa shape index (κ3) is 4.92. The monoisotopic (exact) mass is 747 g/mol. The molecule has 0 saturated carbocycles. The molecule has 0 aliphatic rings. The molecule has 0 unspecified atom stereocenters. The van der Waals surface area contributed by atoms with Crippen LogP contribution in [0.2, 0.25) is 0 Å². The van der Waals surface area contributed by atoms with E-state index < -0.39 is 0 Å². The van der Waals surface area contributed by atoms with Crippen LogP contribution in [-0.2, 0) is 0 Å². The van der Waals surface area contributed by atoms with Gasteiger partial charge < -0.3 is 0 Å². The van der Waals surface area contributed by atoms with Crippen molar-refractivity contribution < 1.29 is 0 Å². The first-order valence-electron chi connectivity index (χ1n) is 18.8. The molecule has 56 heavy (non-hydrogen) atoms. The molecule has 0 bridgehead atoms. The third-order valence-electron chi connectivity index (χ3n) is 11.1. The lowest BCUT2D eigenvalue weighted by molar-refractivity contribution is 1.08. The van der Waals surface area contributed by atoms with Crippen molar-refractivity contribution in [2.45, 2.75) is 0 Å². The Morgan fingerprint density at radius 3 is 1.30 bits per heavy atom. The molecule has 0 aliphatic carbocycles. The van der Waals surface area contributed by atoms with E-state index in [1.165, 1.54) is 78.2 Å². The number of aromatic nitrogens is 3. The van der Waals surface area contributed by atoms with E-state index in [-0.39, 0.29) is 0 Å². The number of benzene rings is 9. The number of thiophene rings is 2. The lowest BCUT2D eigenvalue weighted by atomic mass is 9.98. The molecular weight excluding hydrogens is 719 g/mol. The van der Waals surface area contributed by atoms with E-state index in [0.29, 0.717) is 17.5 Å². The van der Waals surface area contributed by atoms with E-state index in [4.69, 9.17) is 15.0 Å². The normalized spacial score (nSPS) is 11.9. The number of fused-ring (bicyclic) bond motifs is 11. The fourth-order valence-corrected chi connectivity index (χ4v) is 10.9. The molecule has 12 aromatic rings. The molecule has 260 valence electrons. The van der Waals surface area contributed by atoms with E-state index in [9.17, 15) is 0 Å². The Morgan fingerprint density at radius 2 is 0.732 bits per heavy atom. The minimum Gasteiger partial charge on any atom is -0.208 e. The molecular formula is C51H29N3S2. The fraction of sp³-hybridized carbons (Fsp3) is 0. The van der Waals surface area contributed by atoms with Gasteiger partial charge in [-0.1, -0.05) is 146 Å². The zero-order chi connectivity index (χ0) is 36.7. The number of hydrogen-bond donors (Lipinski definition) is 0. The number of hydrogen-bond acceptors (Lipinski definition) is 5. The summed E-state index contributed by atoms with van der Waals surface area (Å²) >= 11 is 3.67. The van der Waals surface area contributed by atoms with Crippen LogP contribution < -0.4 is 0 Å². The first-order chi connectivity index (χ1) is 27.7. The maximum Gasteiger partial charge on any atom is 0.164 e. The van der Waals surface area contributed by atoms with Crippen molar-refractivity contribution in [2.24, 2.45) is 0 Å². The highest BCUT2D eigenvalue weighted by atomic mass is 32.1. The molecule has 0 aliphatic heterocycles. The second-order valence-electron chi connectivity index (χ2n) is 14.3. The quantitative estimate of drug-likeness (QED) is 0.180. The highest BCUT2D eigenvalue weighted by molar-refractivity contribution is 7.27. The van der Waals surface area contributed by atoms with Crippen LogP contribution >= 0.6 is 22.7 Å². The van der Waals surface area contributed by atoms with Crippen molar-refractivity contribution in [1.82, 2.24) is 15.0 Å². The van der Waals surface area contributed by atoms with Crippen LogP contribution in [0.1, 0.15) is 0 Å². The Morgan fingerprint density at radius 1 is 0.304 bits per heavy atom. The molecule has 0 N–H and O–H groups in total. The van der Waals surface area contributed by atoms with Crippen molar-refractivity contribution in [3.63, 3.8) is 0 Å². The SMILES string of the molecule is c1ccc2cc(-c3ccc(-c4nc(-c5cc6ccccc6c6sc7ccccc7c56)nc(-c5cc6ccccc6c6sc7ccccc7c56)n4)cc3)ccc2c1. The molecule has 0 spiro atoms. The molecule has 0 saturated heterocycles. The summed E-state index contributed by atoms with van der Waals surface area (Å²) < 4.78 is 5.00. The Kier molecular flexibility index (Phi) is 6.97. The lowest BCUT2D eigenvalue weighted by Crippen LogP contribution is -2.01. The zero-order valence-electron chi connectivity index (χ0n) is 29.9. The van der Waals surface area contributed by atoms with Gasteiger partial charge in [0.25, 0.3) is 0 Å². The summed E-state index contributed by atoms with van der Waals surface area (Å²) in [4.78, 5) is 16.2. The number of nitrogens with zero attached hydrogens (tertiary/aromatic N) is 3. The van der Waals surface area contributed by atoms with Crippen LogP contribution in [-0.4, -0.2) is 15.0 Å². The minimum atomic E-state index is 0.650. The van der Waals surface area contributed by atoms with Gasteiger partial charge >= 0.3 is 0 Å². The van der Waals surface area contributed by atoms with Gasteiger partial charge in [0.05, 0.1) is 0 Å². The zero-order valence-corrected chi connectivity index (χ0v) is 31.5. The summed E-state index contributed by atoms with van der Waals surface area (Å²) in [5, 5.41) is 12.1. The standard InChI is InChI=1S/C51H29N3S2/c1-2-12-33-27-34(26-23-30(33)11-1)31-21-24-32(25-22-31)49-52-50(41-28-35-13-3-5-15-37(35)47-45(41)39-17-7-9-19-43(39)55-47)54-51(53-49)42-29-36-14-4-6-16-38(36)48-46(42)40-18-8-10-20-44(40)56-48/h1-29H. The summed E-state index contributed by atoms with van der Waals surface area (Å²) in [6, 6.07) is 63.1. The van der Waals surface area contributed by atoms with Gasteiger partial charge in [-0.15, -0.1) is 22.7 Å². The van der Waals surface area contributed by atoms with Gasteiger partial charge in [0.1, 0.15) is 0 Å². The highest BCUT2D eigenvalue weighted by Crippen LogP contribution is 2.46. The van der Waals surface area contributed by atoms with Crippen molar-refractivity contribution >= 4 is 95.3 Å². The highest BCUT2D eigenvalue weighted by Gasteiger charge is 2.22. The van der Waals surface area contributed by atoms with E-state index in [2.05, 4.69) is 176 Å². The summed E-state index contributed by atoms with van der Waals surface area (Å²) in [7, 11) is 0. The van der Waals surface area contributed by atoms with Gasteiger partial charge in [0, 0.05) is 57.0 Å². The Labute approximate surface area is 329 Å². The first-order valence-corrected chi connectivity index (χ1v) is 20.4. The summed E-state index contributed by atoms with van der Waals surface area (Å²) in [6.45, 7) is 0. The second kappa shape index (κ2) is 12.4. The topological polar surface area (TPSA) is 38.7 Å². The Bertz CT molecular complexity index is 3370. The molecule has 3 heterocycles. The molecule has 0 amide bonds. The van der Waals surface area contributed by atoms with E-state index >= 15 is 0 Å². The second-order valence-corrected chi connectivity index (χ2v) is 16.4. The summed E-state index contributed by atoms with van der Waals surface area (Å²) in [5.74, 6) is 1.99.